The predicted molar refractivity (Wildman–Crippen MR) is 62.1 cm³/mol. The second-order valence-corrected chi connectivity index (χ2v) is 6.05. The van der Waals surface area contributed by atoms with Gasteiger partial charge in [-0.25, -0.2) is 18.4 Å². The summed E-state index contributed by atoms with van der Waals surface area (Å²) in [5.41, 5.74) is 0. The van der Waals surface area contributed by atoms with E-state index in [0.29, 0.717) is 24.4 Å². The van der Waals surface area contributed by atoms with E-state index < -0.39 is 44.4 Å². The van der Waals surface area contributed by atoms with E-state index >= 15 is 0 Å². The van der Waals surface area contributed by atoms with Crippen LogP contribution in [0.4, 0.5) is 8.78 Å². The molecular formula is C9H9F2NO6S2. The maximum Gasteiger partial charge on any atom is 0.387 e. The minimum absolute atomic E-state index is 0.421. The van der Waals surface area contributed by atoms with Crippen LogP contribution in [0.1, 0.15) is 16.1 Å². The first-order chi connectivity index (χ1) is 9.29. The summed E-state index contributed by atoms with van der Waals surface area (Å²) in [5.74, 6) is -1.71. The number of sulfonamides is 1. The van der Waals surface area contributed by atoms with Crippen molar-refractivity contribution in [1.29, 1.82) is 0 Å². The zero-order chi connectivity index (χ0) is 14.9. The highest BCUT2D eigenvalue weighted by molar-refractivity contribution is 7.89. The largest absolute Gasteiger partial charge is 0.432 e. The van der Waals surface area contributed by atoms with Gasteiger partial charge < -0.3 is 14.2 Å². The average Bonchev–Trinajstić information content (AvgIpc) is 2.65. The van der Waals surface area contributed by atoms with Gasteiger partial charge in [0.15, 0.2) is 5.75 Å². The van der Waals surface area contributed by atoms with Crippen LogP contribution in [0.3, 0.4) is 0 Å². The fourth-order valence-electron chi connectivity index (χ4n) is 1.40. The predicted octanol–water partition coefficient (Wildman–Crippen LogP) is 0.900. The lowest BCUT2D eigenvalue weighted by Crippen LogP contribution is -2.32. The number of rotatable bonds is 5. The van der Waals surface area contributed by atoms with Gasteiger partial charge in [0, 0.05) is 11.8 Å². The number of ether oxygens (including phenoxy) is 3. The fourth-order valence-corrected chi connectivity index (χ4v) is 3.45. The van der Waals surface area contributed by atoms with Crippen LogP contribution >= 0.6 is 11.3 Å². The number of esters is 1. The summed E-state index contributed by atoms with van der Waals surface area (Å²) in [5, 5.41) is 5.86. The van der Waals surface area contributed by atoms with Crippen LogP contribution in [0.15, 0.2) is 10.3 Å². The molecule has 2 N–H and O–H groups in total. The highest BCUT2D eigenvalue weighted by atomic mass is 32.2. The molecule has 0 aliphatic carbocycles. The van der Waals surface area contributed by atoms with Gasteiger partial charge in [-0.1, -0.05) is 0 Å². The molecule has 0 spiro atoms. The minimum Gasteiger partial charge on any atom is -0.432 e. The number of hydrogen-bond acceptors (Lipinski definition) is 7. The van der Waals surface area contributed by atoms with E-state index in [4.69, 9.17) is 14.6 Å². The Bertz CT molecular complexity index is 610. The van der Waals surface area contributed by atoms with Crippen molar-refractivity contribution in [2.24, 2.45) is 5.14 Å². The monoisotopic (exact) mass is 329 g/mol. The van der Waals surface area contributed by atoms with Gasteiger partial charge >= 0.3 is 12.6 Å². The van der Waals surface area contributed by atoms with Crippen LogP contribution in [0.25, 0.3) is 0 Å². The van der Waals surface area contributed by atoms with Crippen molar-refractivity contribution >= 4 is 27.3 Å². The molecule has 2 rings (SSSR count). The number of primary sulfonamides is 1. The normalized spacial score (nSPS) is 18.7. The molecular weight excluding hydrogens is 320 g/mol. The van der Waals surface area contributed by atoms with Gasteiger partial charge in [-0.05, 0) is 0 Å². The van der Waals surface area contributed by atoms with Crippen molar-refractivity contribution in [1.82, 2.24) is 0 Å². The third kappa shape index (κ3) is 3.23. The van der Waals surface area contributed by atoms with Crippen molar-refractivity contribution < 1.29 is 36.2 Å². The summed E-state index contributed by atoms with van der Waals surface area (Å²) in [6.07, 6.45) is -0.292. The van der Waals surface area contributed by atoms with E-state index in [1.165, 1.54) is 0 Å². The molecule has 0 radical (unpaired) electrons. The van der Waals surface area contributed by atoms with E-state index in [1.54, 1.807) is 0 Å². The van der Waals surface area contributed by atoms with Crippen LogP contribution in [0, 0.1) is 0 Å². The van der Waals surface area contributed by atoms with E-state index in [0.717, 1.165) is 5.38 Å². The van der Waals surface area contributed by atoms with Crippen LogP contribution in [-0.2, 0) is 19.5 Å². The molecule has 1 aliphatic heterocycles. The van der Waals surface area contributed by atoms with Gasteiger partial charge in [-0.2, -0.15) is 8.78 Å². The molecule has 1 atom stereocenters. The number of halogens is 2. The van der Waals surface area contributed by atoms with E-state index in [2.05, 4.69) is 4.74 Å². The van der Waals surface area contributed by atoms with Crippen LogP contribution in [0.5, 0.6) is 5.75 Å². The molecule has 1 fully saturated rings. The van der Waals surface area contributed by atoms with E-state index in [-0.39, 0.29) is 0 Å². The van der Waals surface area contributed by atoms with Gasteiger partial charge in [-0.15, -0.1) is 11.3 Å². The molecule has 1 unspecified atom stereocenters. The quantitative estimate of drug-likeness (QED) is 0.805. The Hall–Kier alpha value is -1.30. The third-order valence-corrected chi connectivity index (χ3v) is 4.34. The molecule has 0 saturated carbocycles. The molecule has 1 aromatic heterocycles. The first-order valence-corrected chi connectivity index (χ1v) is 7.63. The topological polar surface area (TPSA) is 105 Å². The third-order valence-electron chi connectivity index (χ3n) is 2.30. The van der Waals surface area contributed by atoms with E-state index in [1.807, 2.05) is 0 Å². The Morgan fingerprint density at radius 1 is 1.55 bits per heavy atom. The summed E-state index contributed by atoms with van der Waals surface area (Å²) in [4.78, 5) is 10.5. The van der Waals surface area contributed by atoms with Crippen molar-refractivity contribution in [3.8, 4) is 5.75 Å². The Morgan fingerprint density at radius 2 is 2.20 bits per heavy atom. The number of hydrogen-bond donors (Lipinski definition) is 1. The van der Waals surface area contributed by atoms with Crippen molar-refractivity contribution in [2.75, 3.05) is 6.61 Å². The average molecular weight is 329 g/mol. The number of carbonyl (C=O) groups is 1. The van der Waals surface area contributed by atoms with Gasteiger partial charge in [0.05, 0.1) is 6.61 Å². The molecule has 1 saturated heterocycles. The first kappa shape index (κ1) is 15.1. The summed E-state index contributed by atoms with van der Waals surface area (Å²) < 4.78 is 60.9. The molecule has 1 aromatic rings. The number of carbonyl (C=O) groups excluding carboxylic acids is 1. The molecule has 112 valence electrons. The molecule has 0 bridgehead atoms. The Balaban J connectivity index is 2.32. The number of thiophene rings is 1. The van der Waals surface area contributed by atoms with Crippen LogP contribution in [0.2, 0.25) is 0 Å². The smallest absolute Gasteiger partial charge is 0.387 e. The summed E-state index contributed by atoms with van der Waals surface area (Å²) in [7, 11) is -4.43. The Morgan fingerprint density at radius 3 is 2.65 bits per heavy atom. The molecule has 0 aromatic carbocycles. The molecule has 20 heavy (non-hydrogen) atoms. The molecule has 2 heterocycles. The lowest BCUT2D eigenvalue weighted by molar-refractivity contribution is -0.184. The summed E-state index contributed by atoms with van der Waals surface area (Å²) in [6.45, 7) is -2.83. The first-order valence-electron chi connectivity index (χ1n) is 5.20. The number of alkyl halides is 2. The minimum atomic E-state index is -4.43. The van der Waals surface area contributed by atoms with Gasteiger partial charge in [0.2, 0.25) is 16.3 Å². The lowest BCUT2D eigenvalue weighted by Gasteiger charge is -2.25. The highest BCUT2D eigenvalue weighted by Crippen LogP contribution is 2.35. The molecule has 11 heteroatoms. The summed E-state index contributed by atoms with van der Waals surface area (Å²) in [6, 6.07) is 0. The second kappa shape index (κ2) is 5.60. The Labute approximate surface area is 116 Å². The fraction of sp³-hybridized carbons (Fsp3) is 0.444. The Kier molecular flexibility index (Phi) is 4.22. The maximum absolute atomic E-state index is 12.2. The standard InChI is InChI=1S/C9H9F2NO6S2/c10-9(11)17-4-3-19-6(7(4)20(12,14)15)8(13)18-5-1-2-16-5/h3,5,9H,1-2H2,(H2,12,14,15). The lowest BCUT2D eigenvalue weighted by atomic mass is 10.3. The number of nitrogens with two attached hydrogens (primary N) is 1. The van der Waals surface area contributed by atoms with Crippen LogP contribution in [-0.4, -0.2) is 33.9 Å². The molecule has 1 aliphatic rings. The van der Waals surface area contributed by atoms with Gasteiger partial charge in [0.25, 0.3) is 0 Å². The zero-order valence-corrected chi connectivity index (χ0v) is 11.4. The van der Waals surface area contributed by atoms with Crippen molar-refractivity contribution in [2.45, 2.75) is 24.2 Å². The van der Waals surface area contributed by atoms with Crippen molar-refractivity contribution in [3.63, 3.8) is 0 Å². The highest BCUT2D eigenvalue weighted by Gasteiger charge is 2.32. The molecule has 7 nitrogen and oxygen atoms in total. The van der Waals surface area contributed by atoms with Crippen LogP contribution < -0.4 is 9.88 Å². The molecule has 0 amide bonds. The SMILES string of the molecule is NS(=O)(=O)c1c(OC(F)F)csc1C(=O)OC1CCO1. The maximum atomic E-state index is 12.2. The summed E-state index contributed by atoms with van der Waals surface area (Å²) >= 11 is 0.582. The van der Waals surface area contributed by atoms with Gasteiger partial charge in [-0.3, -0.25) is 0 Å². The zero-order valence-electron chi connectivity index (χ0n) is 9.75. The second-order valence-electron chi connectivity index (χ2n) is 3.68. The van der Waals surface area contributed by atoms with Crippen molar-refractivity contribution in [3.05, 3.63) is 10.3 Å². The van der Waals surface area contributed by atoms with E-state index in [9.17, 15) is 22.0 Å². The van der Waals surface area contributed by atoms with Gasteiger partial charge in [0.1, 0.15) is 9.77 Å².